The molecule has 34 heteroatoms. The second kappa shape index (κ2) is 20.4. The van der Waals surface area contributed by atoms with Crippen LogP contribution < -0.4 is 27.0 Å². The van der Waals surface area contributed by atoms with Gasteiger partial charge in [0.1, 0.15) is 31.7 Å². The van der Waals surface area contributed by atoms with E-state index in [4.69, 9.17) is 28.9 Å². The normalized spacial score (nSPS) is 12.4. The summed E-state index contributed by atoms with van der Waals surface area (Å²) in [6.45, 7) is 0. The minimum Gasteiger partial charge on any atom is -0.505 e. The number of aromatic nitrogens is 6. The van der Waals surface area contributed by atoms with Gasteiger partial charge in [-0.1, -0.05) is 30.3 Å². The molecule has 0 atom stereocenters. The van der Waals surface area contributed by atoms with Crippen LogP contribution in [-0.4, -0.2) is 86.9 Å². The fourth-order valence-corrected chi connectivity index (χ4v) is 9.31. The number of nitrogens with two attached hydrogens (primary N) is 1. The van der Waals surface area contributed by atoms with Gasteiger partial charge in [-0.05, 0) is 107 Å². The molecule has 8 rings (SSSR count). The predicted molar refractivity (Wildman–Crippen MR) is 266 cm³/mol. The first-order valence-corrected chi connectivity index (χ1v) is 26.5. The van der Waals surface area contributed by atoms with Gasteiger partial charge in [0.15, 0.2) is 5.75 Å². The van der Waals surface area contributed by atoms with Crippen LogP contribution in [0.2, 0.25) is 10.6 Å². The Kier molecular flexibility index (Phi) is 14.4. The molecule has 2 aromatic heterocycles. The zero-order valence-corrected chi connectivity index (χ0v) is 41.1. The molecular formula is C40H29Cl2N15O13S4. The molecule has 2 heterocycles. The largest absolute Gasteiger partial charge is 0.505 e. The highest BCUT2D eigenvalue weighted by Crippen LogP contribution is 2.46. The van der Waals surface area contributed by atoms with E-state index in [0.29, 0.717) is 0 Å². The van der Waals surface area contributed by atoms with Crippen molar-refractivity contribution in [2.24, 2.45) is 20.5 Å². The molecule has 0 aliphatic heterocycles. The summed E-state index contributed by atoms with van der Waals surface area (Å²) in [6.07, 6.45) is 0. The average molecular weight is 1130 g/mol. The first-order valence-electron chi connectivity index (χ1n) is 19.9. The number of hydrogen-bond donors (Lipinski definition) is 10. The summed E-state index contributed by atoms with van der Waals surface area (Å²) in [7, 11) is -19.2. The van der Waals surface area contributed by atoms with Gasteiger partial charge in [0.25, 0.3) is 40.5 Å². The maximum absolute atomic E-state index is 12.6. The number of phenols is 1. The van der Waals surface area contributed by atoms with E-state index in [-0.39, 0.29) is 85.3 Å². The molecule has 6 aromatic carbocycles. The number of benzene rings is 6. The second-order valence-corrected chi connectivity index (χ2v) is 21.0. The van der Waals surface area contributed by atoms with Crippen LogP contribution >= 0.6 is 23.2 Å². The molecule has 0 aliphatic carbocycles. The third-order valence-corrected chi connectivity index (χ3v) is 13.5. The minimum absolute atomic E-state index is 0.00708. The number of halogens is 2. The molecule has 74 heavy (non-hydrogen) atoms. The van der Waals surface area contributed by atoms with Crippen LogP contribution in [0.5, 0.6) is 5.75 Å². The van der Waals surface area contributed by atoms with E-state index in [1.807, 2.05) is 0 Å². The zero-order valence-electron chi connectivity index (χ0n) is 36.3. The van der Waals surface area contributed by atoms with Crippen LogP contribution in [0.1, 0.15) is 0 Å². The first kappa shape index (κ1) is 52.2. The molecule has 28 nitrogen and oxygen atoms in total. The number of rotatable bonds is 16. The third kappa shape index (κ3) is 12.3. The molecule has 380 valence electrons. The average Bonchev–Trinajstić information content (AvgIpc) is 3.29. The van der Waals surface area contributed by atoms with Crippen molar-refractivity contribution in [1.29, 1.82) is 0 Å². The lowest BCUT2D eigenvalue weighted by Gasteiger charge is -2.13. The summed E-state index contributed by atoms with van der Waals surface area (Å²) in [6, 6.07) is 22.9. The molecule has 0 amide bonds. The molecule has 0 bridgehead atoms. The second-order valence-electron chi connectivity index (χ2n) is 14.7. The van der Waals surface area contributed by atoms with Crippen LogP contribution in [0.4, 0.5) is 75.0 Å². The van der Waals surface area contributed by atoms with Gasteiger partial charge in [0.05, 0.1) is 27.3 Å². The van der Waals surface area contributed by atoms with E-state index in [2.05, 4.69) is 71.6 Å². The van der Waals surface area contributed by atoms with Crippen molar-refractivity contribution in [3.05, 3.63) is 120 Å². The molecule has 0 saturated heterocycles. The summed E-state index contributed by atoms with van der Waals surface area (Å²) in [5.41, 5.74) is 5.14. The summed E-state index contributed by atoms with van der Waals surface area (Å²) < 4.78 is 136. The Bertz CT molecular complexity index is 4130. The Morgan fingerprint density at radius 1 is 0.473 bits per heavy atom. The number of nitrogens with one attached hydrogen (secondary N) is 4. The van der Waals surface area contributed by atoms with E-state index >= 15 is 0 Å². The highest BCUT2D eigenvalue weighted by Gasteiger charge is 2.25. The fraction of sp³-hybridized carbons (Fsp3) is 0. The molecule has 0 spiro atoms. The van der Waals surface area contributed by atoms with Crippen LogP contribution in [-0.2, 0) is 40.5 Å². The summed E-state index contributed by atoms with van der Waals surface area (Å²) in [5, 5.41) is 37.3. The molecule has 0 aliphatic rings. The van der Waals surface area contributed by atoms with Gasteiger partial charge in [-0.3, -0.25) is 18.2 Å². The zero-order chi connectivity index (χ0) is 53.3. The number of aromatic hydroxyl groups is 1. The van der Waals surface area contributed by atoms with Crippen molar-refractivity contribution >= 4 is 149 Å². The quantitative estimate of drug-likeness (QED) is 0.0246. The summed E-state index contributed by atoms with van der Waals surface area (Å²) in [5.74, 6) is -1.82. The molecule has 0 fully saturated rings. The van der Waals surface area contributed by atoms with Crippen LogP contribution in [0.3, 0.4) is 0 Å². The standard InChI is InChI=1S/C40H29Cl2N15O13S4/c41-35-48-37(52-39(49-35)46-22-12-14-29(73(65,66)67)27(18-22)47-40-51-36(42)50-38(53-40)45-21-6-4-8-24(17-21)71(59,60)61)44-20-5-3-7-23(16-20)54-57-33-30(74(68,69)70)15-19-11-13-26(32(43)31(19)34(33)58)56-55-25-9-1-2-10-28(25)72(62,63)64/h1-18,58H,43H2,(H,59,60,61)(H,62,63,64)(H,65,66,67)(H,68,69,70)(H2,44,46,48,49,52)(H2,45,47,50,51,53). The Labute approximate surface area is 426 Å². The van der Waals surface area contributed by atoms with Gasteiger partial charge in [-0.2, -0.15) is 68.7 Å². The molecule has 0 saturated carbocycles. The van der Waals surface area contributed by atoms with Crippen molar-refractivity contribution in [1.82, 2.24) is 29.9 Å². The van der Waals surface area contributed by atoms with Crippen LogP contribution in [0.15, 0.2) is 149 Å². The molecular weight excluding hydrogens is 1100 g/mol. The predicted octanol–water partition coefficient (Wildman–Crippen LogP) is 8.60. The van der Waals surface area contributed by atoms with Gasteiger partial charge >= 0.3 is 0 Å². The van der Waals surface area contributed by atoms with Crippen molar-refractivity contribution in [3.63, 3.8) is 0 Å². The monoisotopic (exact) mass is 1130 g/mol. The number of nitrogens with zero attached hydrogens (tertiary/aromatic N) is 10. The highest BCUT2D eigenvalue weighted by atomic mass is 35.5. The summed E-state index contributed by atoms with van der Waals surface area (Å²) >= 11 is 12.3. The third-order valence-electron chi connectivity index (χ3n) is 9.65. The van der Waals surface area contributed by atoms with Crippen molar-refractivity contribution in [3.8, 4) is 5.75 Å². The van der Waals surface area contributed by atoms with Crippen molar-refractivity contribution in [2.45, 2.75) is 19.6 Å². The van der Waals surface area contributed by atoms with Gasteiger partial charge in [0.2, 0.25) is 34.4 Å². The topological polar surface area (TPSA) is 439 Å². The Morgan fingerprint density at radius 3 is 1.61 bits per heavy atom. The smallest absolute Gasteiger partial charge is 0.296 e. The van der Waals surface area contributed by atoms with Gasteiger partial charge in [-0.15, -0.1) is 15.3 Å². The van der Waals surface area contributed by atoms with Crippen LogP contribution in [0, 0.1) is 0 Å². The highest BCUT2D eigenvalue weighted by molar-refractivity contribution is 7.86. The number of anilines is 9. The number of nitrogen functional groups attached to an aromatic ring is 1. The van der Waals surface area contributed by atoms with E-state index < -0.39 is 76.8 Å². The Hall–Kier alpha value is -8.18. The Morgan fingerprint density at radius 2 is 1.01 bits per heavy atom. The maximum atomic E-state index is 12.6. The molecule has 11 N–H and O–H groups in total. The lowest BCUT2D eigenvalue weighted by molar-refractivity contribution is 0.472. The lowest BCUT2D eigenvalue weighted by Crippen LogP contribution is -2.09. The van der Waals surface area contributed by atoms with E-state index in [9.17, 15) is 57.0 Å². The Balaban J connectivity index is 1.04. The first-order chi connectivity index (χ1) is 34.8. The minimum atomic E-state index is -5.07. The molecule has 0 radical (unpaired) electrons. The van der Waals surface area contributed by atoms with Gasteiger partial charge in [0, 0.05) is 17.1 Å². The van der Waals surface area contributed by atoms with Crippen molar-refractivity contribution < 1.29 is 57.0 Å². The summed E-state index contributed by atoms with van der Waals surface area (Å²) in [4.78, 5) is 21.8. The molecule has 8 aromatic rings. The van der Waals surface area contributed by atoms with Crippen molar-refractivity contribution in [2.75, 3.05) is 27.0 Å². The van der Waals surface area contributed by atoms with Gasteiger partial charge in [-0.25, -0.2) is 0 Å². The fourth-order valence-electron chi connectivity index (χ4n) is 6.55. The number of phenolic OH excluding ortho intramolecular Hbond substituents is 1. The van der Waals surface area contributed by atoms with E-state index in [1.165, 1.54) is 78.9 Å². The number of fused-ring (bicyclic) bond motifs is 1. The maximum Gasteiger partial charge on any atom is 0.296 e. The van der Waals surface area contributed by atoms with E-state index in [1.54, 1.807) is 0 Å². The van der Waals surface area contributed by atoms with E-state index in [0.717, 1.165) is 30.3 Å². The number of azo groups is 2. The van der Waals surface area contributed by atoms with Gasteiger partial charge < -0.3 is 32.1 Å². The molecule has 0 unspecified atom stereocenters. The lowest BCUT2D eigenvalue weighted by atomic mass is 10.1. The van der Waals surface area contributed by atoms with Crippen LogP contribution in [0.25, 0.3) is 10.8 Å². The SMILES string of the molecule is Nc1c(N=Nc2ccccc2S(=O)(=O)O)ccc2cc(S(=O)(=O)O)c(N=Nc3cccc(Nc4nc(Cl)nc(Nc5ccc(S(=O)(=O)O)c(Nc6nc(Cl)nc(Nc7cccc(S(=O)(=O)O)c7)n6)c5)n4)c3)c(O)c12. The number of hydrogen-bond acceptors (Lipinski definition) is 24.